The van der Waals surface area contributed by atoms with Crippen LogP contribution in [0.3, 0.4) is 0 Å². The second-order valence-electron chi connectivity index (χ2n) is 7.37. The third kappa shape index (κ3) is 3.03. The zero-order chi connectivity index (χ0) is 14.1. The lowest BCUT2D eigenvalue weighted by Crippen LogP contribution is -2.64. The van der Waals surface area contributed by atoms with Gasteiger partial charge in [0.1, 0.15) is 0 Å². The summed E-state index contributed by atoms with van der Waals surface area (Å²) in [6, 6.07) is 0.164. The summed E-state index contributed by atoms with van der Waals surface area (Å²) in [6.45, 7) is 13.9. The van der Waals surface area contributed by atoms with Crippen LogP contribution in [0.5, 0.6) is 0 Å². The van der Waals surface area contributed by atoms with Crippen molar-refractivity contribution < 1.29 is 9.59 Å². The van der Waals surface area contributed by atoms with Gasteiger partial charge in [-0.3, -0.25) is 9.59 Å². The Hall–Kier alpha value is -1.06. The molecule has 0 N–H and O–H groups in total. The average molecular weight is 254 g/mol. The van der Waals surface area contributed by atoms with E-state index in [1.165, 1.54) is 0 Å². The Labute approximate surface area is 110 Å². The summed E-state index contributed by atoms with van der Waals surface area (Å²) in [5.74, 6) is 0. The SMILES string of the molecule is CC(C)(C)[C@H]1CN(C=O)[C@@H](C(C)(C)C)CN1C=O. The first-order valence-corrected chi connectivity index (χ1v) is 6.53. The molecule has 1 heterocycles. The van der Waals surface area contributed by atoms with E-state index < -0.39 is 0 Å². The monoisotopic (exact) mass is 254 g/mol. The van der Waals surface area contributed by atoms with E-state index in [-0.39, 0.29) is 22.9 Å². The maximum Gasteiger partial charge on any atom is 0.210 e. The third-order valence-electron chi connectivity index (χ3n) is 3.84. The highest BCUT2D eigenvalue weighted by atomic mass is 16.1. The van der Waals surface area contributed by atoms with Gasteiger partial charge in [-0.1, -0.05) is 41.5 Å². The van der Waals surface area contributed by atoms with Gasteiger partial charge < -0.3 is 9.80 Å². The van der Waals surface area contributed by atoms with E-state index in [2.05, 4.69) is 41.5 Å². The van der Waals surface area contributed by atoms with Crippen LogP contribution in [0.2, 0.25) is 0 Å². The van der Waals surface area contributed by atoms with Gasteiger partial charge in [-0.15, -0.1) is 0 Å². The van der Waals surface area contributed by atoms with Gasteiger partial charge in [0.05, 0.1) is 12.1 Å². The first-order chi connectivity index (χ1) is 8.11. The van der Waals surface area contributed by atoms with Gasteiger partial charge in [-0.25, -0.2) is 0 Å². The Morgan fingerprint density at radius 1 is 0.778 bits per heavy atom. The molecule has 1 aliphatic heterocycles. The van der Waals surface area contributed by atoms with Crippen molar-refractivity contribution in [2.75, 3.05) is 13.1 Å². The molecule has 1 aliphatic rings. The lowest BCUT2D eigenvalue weighted by atomic mass is 9.79. The molecule has 0 aliphatic carbocycles. The van der Waals surface area contributed by atoms with Crippen LogP contribution in [0.25, 0.3) is 0 Å². The van der Waals surface area contributed by atoms with Crippen LogP contribution >= 0.6 is 0 Å². The fourth-order valence-corrected chi connectivity index (χ4v) is 2.64. The molecule has 0 saturated carbocycles. The Balaban J connectivity index is 3.00. The molecule has 0 aromatic heterocycles. The van der Waals surface area contributed by atoms with Crippen molar-refractivity contribution in [2.24, 2.45) is 10.8 Å². The smallest absolute Gasteiger partial charge is 0.210 e. The number of amides is 2. The minimum atomic E-state index is -0.0228. The molecule has 18 heavy (non-hydrogen) atoms. The standard InChI is InChI=1S/C14H26N2O2/c1-13(2,3)11-7-16(10-18)12(14(4,5)6)8-15(11)9-17/h9-12H,7-8H2,1-6H3/t11-,12-/m1/s1. The van der Waals surface area contributed by atoms with Gasteiger partial charge >= 0.3 is 0 Å². The number of rotatable bonds is 2. The van der Waals surface area contributed by atoms with Crippen LogP contribution in [0.15, 0.2) is 0 Å². The molecule has 1 saturated heterocycles. The highest BCUT2D eigenvalue weighted by Crippen LogP contribution is 2.33. The average Bonchev–Trinajstić information content (AvgIpc) is 2.24. The molecular formula is C14H26N2O2. The number of piperazine rings is 1. The largest absolute Gasteiger partial charge is 0.338 e. The van der Waals surface area contributed by atoms with Gasteiger partial charge in [0.15, 0.2) is 0 Å². The maximum atomic E-state index is 11.3. The minimum Gasteiger partial charge on any atom is -0.338 e. The summed E-state index contributed by atoms with van der Waals surface area (Å²) in [5.41, 5.74) is -0.0456. The van der Waals surface area contributed by atoms with Crippen molar-refractivity contribution in [2.45, 2.75) is 53.6 Å². The van der Waals surface area contributed by atoms with E-state index in [4.69, 9.17) is 0 Å². The van der Waals surface area contributed by atoms with E-state index in [0.717, 1.165) is 12.8 Å². The van der Waals surface area contributed by atoms with E-state index in [0.29, 0.717) is 13.1 Å². The first-order valence-electron chi connectivity index (χ1n) is 6.53. The van der Waals surface area contributed by atoms with Crippen LogP contribution < -0.4 is 0 Å². The Kier molecular flexibility index (Phi) is 4.08. The quantitative estimate of drug-likeness (QED) is 0.704. The normalized spacial score (nSPS) is 26.1. The Morgan fingerprint density at radius 2 is 1.06 bits per heavy atom. The van der Waals surface area contributed by atoms with Crippen LogP contribution in [-0.2, 0) is 9.59 Å². The molecule has 1 fully saturated rings. The summed E-state index contributed by atoms with van der Waals surface area (Å²) < 4.78 is 0. The summed E-state index contributed by atoms with van der Waals surface area (Å²) in [5, 5.41) is 0. The number of carbonyl (C=O) groups excluding carboxylic acids is 2. The van der Waals surface area contributed by atoms with Gasteiger partial charge in [0, 0.05) is 13.1 Å². The molecule has 1 rings (SSSR count). The van der Waals surface area contributed by atoms with E-state index in [9.17, 15) is 9.59 Å². The molecule has 2 amide bonds. The van der Waals surface area contributed by atoms with Crippen LogP contribution in [0, 0.1) is 10.8 Å². The minimum absolute atomic E-state index is 0.0228. The van der Waals surface area contributed by atoms with Crippen molar-refractivity contribution in [3.8, 4) is 0 Å². The molecule has 0 aromatic carbocycles. The molecule has 4 nitrogen and oxygen atoms in total. The van der Waals surface area contributed by atoms with Crippen LogP contribution in [0.1, 0.15) is 41.5 Å². The Bertz CT molecular complexity index is 283. The molecule has 104 valence electrons. The van der Waals surface area contributed by atoms with Crippen molar-refractivity contribution in [3.63, 3.8) is 0 Å². The molecule has 2 atom stereocenters. The Morgan fingerprint density at radius 3 is 1.22 bits per heavy atom. The van der Waals surface area contributed by atoms with E-state index in [1.54, 1.807) is 0 Å². The zero-order valence-electron chi connectivity index (χ0n) is 12.4. The molecule has 0 unspecified atom stereocenters. The topological polar surface area (TPSA) is 40.6 Å². The van der Waals surface area contributed by atoms with Gasteiger partial charge in [-0.05, 0) is 10.8 Å². The zero-order valence-corrected chi connectivity index (χ0v) is 12.4. The lowest BCUT2D eigenvalue weighted by molar-refractivity contribution is -0.140. The van der Waals surface area contributed by atoms with Crippen molar-refractivity contribution >= 4 is 12.8 Å². The second-order valence-corrected chi connectivity index (χ2v) is 7.37. The highest BCUT2D eigenvalue weighted by Gasteiger charge is 2.42. The summed E-state index contributed by atoms with van der Waals surface area (Å²) in [7, 11) is 0. The molecule has 0 spiro atoms. The number of carbonyl (C=O) groups is 2. The number of hydrogen-bond donors (Lipinski definition) is 0. The summed E-state index contributed by atoms with van der Waals surface area (Å²) >= 11 is 0. The third-order valence-corrected chi connectivity index (χ3v) is 3.84. The van der Waals surface area contributed by atoms with Crippen molar-refractivity contribution in [3.05, 3.63) is 0 Å². The lowest BCUT2D eigenvalue weighted by Gasteiger charge is -2.51. The van der Waals surface area contributed by atoms with Crippen molar-refractivity contribution in [1.29, 1.82) is 0 Å². The predicted octanol–water partition coefficient (Wildman–Crippen LogP) is 1.75. The van der Waals surface area contributed by atoms with Gasteiger partial charge in [0.2, 0.25) is 12.8 Å². The first kappa shape index (κ1) is 15.0. The maximum absolute atomic E-state index is 11.3. The van der Waals surface area contributed by atoms with E-state index >= 15 is 0 Å². The molecule has 0 bridgehead atoms. The number of hydrogen-bond acceptors (Lipinski definition) is 2. The van der Waals surface area contributed by atoms with Gasteiger partial charge in [-0.2, -0.15) is 0 Å². The molecule has 0 radical (unpaired) electrons. The molecule has 4 heteroatoms. The van der Waals surface area contributed by atoms with Gasteiger partial charge in [0.25, 0.3) is 0 Å². The fraction of sp³-hybridized carbons (Fsp3) is 0.857. The number of nitrogens with zero attached hydrogens (tertiary/aromatic N) is 2. The second kappa shape index (κ2) is 4.90. The fourth-order valence-electron chi connectivity index (χ4n) is 2.64. The molecule has 0 aromatic rings. The van der Waals surface area contributed by atoms with Crippen LogP contribution in [-0.4, -0.2) is 47.8 Å². The van der Waals surface area contributed by atoms with E-state index in [1.807, 2.05) is 9.80 Å². The van der Waals surface area contributed by atoms with Crippen molar-refractivity contribution in [1.82, 2.24) is 9.80 Å². The summed E-state index contributed by atoms with van der Waals surface area (Å²) in [6.07, 6.45) is 1.85. The highest BCUT2D eigenvalue weighted by molar-refractivity contribution is 5.53. The summed E-state index contributed by atoms with van der Waals surface area (Å²) in [4.78, 5) is 26.3. The predicted molar refractivity (Wildman–Crippen MR) is 72.0 cm³/mol. The van der Waals surface area contributed by atoms with Crippen LogP contribution in [0.4, 0.5) is 0 Å². The molecular weight excluding hydrogens is 228 g/mol.